The van der Waals surface area contributed by atoms with Crippen LogP contribution < -0.4 is 10.2 Å². The van der Waals surface area contributed by atoms with Crippen molar-refractivity contribution in [1.82, 2.24) is 10.1 Å². The molecule has 1 aliphatic heterocycles. The minimum absolute atomic E-state index is 0.0302. The van der Waals surface area contributed by atoms with E-state index in [-0.39, 0.29) is 24.3 Å². The highest BCUT2D eigenvalue weighted by Gasteiger charge is 2.27. The number of carbonyl (C=O) groups excluding carboxylic acids is 2. The maximum Gasteiger partial charge on any atom is 0.259 e. The summed E-state index contributed by atoms with van der Waals surface area (Å²) in [5.74, 6) is 0.0972. The maximum absolute atomic E-state index is 13.0. The number of anilines is 2. The highest BCUT2D eigenvalue weighted by molar-refractivity contribution is 6.00. The summed E-state index contributed by atoms with van der Waals surface area (Å²) in [6.07, 6.45) is 0. The molecule has 1 aromatic carbocycles. The maximum atomic E-state index is 13.0. The zero-order chi connectivity index (χ0) is 21.7. The van der Waals surface area contributed by atoms with Crippen molar-refractivity contribution in [3.8, 4) is 0 Å². The second-order valence-corrected chi connectivity index (χ2v) is 7.68. The Morgan fingerprint density at radius 1 is 1.20 bits per heavy atom. The summed E-state index contributed by atoms with van der Waals surface area (Å²) in [6, 6.07) is 7.72. The van der Waals surface area contributed by atoms with Crippen molar-refractivity contribution in [2.45, 2.75) is 33.6 Å². The Bertz CT molecular complexity index is 870. The SMILES string of the molecule is CCN(CC(=O)Nc1ccc(N2CCOCC2)cc1)C(=O)c1c(C)noc1C(C)C. The van der Waals surface area contributed by atoms with Crippen LogP contribution in [0.3, 0.4) is 0 Å². The molecule has 0 bridgehead atoms. The lowest BCUT2D eigenvalue weighted by atomic mass is 10.0. The number of amides is 2. The number of hydrogen-bond acceptors (Lipinski definition) is 6. The zero-order valence-corrected chi connectivity index (χ0v) is 18.1. The molecule has 1 fully saturated rings. The third kappa shape index (κ3) is 4.99. The van der Waals surface area contributed by atoms with Crippen molar-refractivity contribution in [2.24, 2.45) is 0 Å². The molecule has 1 saturated heterocycles. The number of aromatic nitrogens is 1. The van der Waals surface area contributed by atoms with Crippen molar-refractivity contribution in [2.75, 3.05) is 49.6 Å². The van der Waals surface area contributed by atoms with E-state index in [1.807, 2.05) is 45.0 Å². The van der Waals surface area contributed by atoms with Crippen LogP contribution in [0.5, 0.6) is 0 Å². The molecule has 8 nitrogen and oxygen atoms in total. The number of benzene rings is 1. The number of ether oxygens (including phenoxy) is 1. The van der Waals surface area contributed by atoms with Crippen molar-refractivity contribution >= 4 is 23.2 Å². The molecule has 3 rings (SSSR count). The van der Waals surface area contributed by atoms with E-state index in [2.05, 4.69) is 15.4 Å². The lowest BCUT2D eigenvalue weighted by Gasteiger charge is -2.29. The molecule has 0 radical (unpaired) electrons. The van der Waals surface area contributed by atoms with Gasteiger partial charge in [0.05, 0.1) is 18.9 Å². The molecule has 162 valence electrons. The Morgan fingerprint density at radius 2 is 1.87 bits per heavy atom. The molecule has 2 amide bonds. The highest BCUT2D eigenvalue weighted by Crippen LogP contribution is 2.24. The van der Waals surface area contributed by atoms with Gasteiger partial charge in [0.2, 0.25) is 5.91 Å². The fraction of sp³-hybridized carbons (Fsp3) is 0.500. The van der Waals surface area contributed by atoms with Gasteiger partial charge in [0.25, 0.3) is 5.91 Å². The van der Waals surface area contributed by atoms with E-state index in [1.54, 1.807) is 6.92 Å². The molecule has 0 spiro atoms. The van der Waals surface area contributed by atoms with E-state index in [0.717, 1.165) is 32.0 Å². The van der Waals surface area contributed by atoms with Crippen LogP contribution in [-0.4, -0.2) is 61.3 Å². The van der Waals surface area contributed by atoms with Gasteiger partial charge in [-0.2, -0.15) is 0 Å². The number of nitrogens with zero attached hydrogens (tertiary/aromatic N) is 3. The van der Waals surface area contributed by atoms with Crippen LogP contribution in [0.2, 0.25) is 0 Å². The van der Waals surface area contributed by atoms with Gasteiger partial charge in [0.15, 0.2) is 5.76 Å². The smallest absolute Gasteiger partial charge is 0.259 e. The highest BCUT2D eigenvalue weighted by atomic mass is 16.5. The first kappa shape index (κ1) is 21.8. The lowest BCUT2D eigenvalue weighted by Crippen LogP contribution is -2.38. The van der Waals surface area contributed by atoms with Gasteiger partial charge < -0.3 is 24.4 Å². The zero-order valence-electron chi connectivity index (χ0n) is 18.1. The fourth-order valence-electron chi connectivity index (χ4n) is 3.48. The van der Waals surface area contributed by atoms with E-state index in [4.69, 9.17) is 9.26 Å². The first-order valence-electron chi connectivity index (χ1n) is 10.4. The monoisotopic (exact) mass is 414 g/mol. The molecule has 0 aliphatic carbocycles. The minimum atomic E-state index is -0.246. The number of nitrogens with one attached hydrogen (secondary N) is 1. The van der Waals surface area contributed by atoms with Crippen LogP contribution in [0.25, 0.3) is 0 Å². The molecule has 0 saturated carbocycles. The summed E-state index contributed by atoms with van der Waals surface area (Å²) in [5, 5.41) is 6.81. The average molecular weight is 415 g/mol. The Morgan fingerprint density at radius 3 is 2.47 bits per heavy atom. The summed E-state index contributed by atoms with van der Waals surface area (Å²) >= 11 is 0. The van der Waals surface area contributed by atoms with E-state index >= 15 is 0 Å². The molecule has 2 aromatic rings. The van der Waals surface area contributed by atoms with E-state index in [1.165, 1.54) is 4.90 Å². The van der Waals surface area contributed by atoms with E-state index < -0.39 is 0 Å². The van der Waals surface area contributed by atoms with Gasteiger partial charge in [-0.3, -0.25) is 9.59 Å². The number of likely N-dealkylation sites (N-methyl/N-ethyl adjacent to an activating group) is 1. The van der Waals surface area contributed by atoms with Crippen LogP contribution >= 0.6 is 0 Å². The molecule has 2 heterocycles. The number of rotatable bonds is 7. The molecule has 1 N–H and O–H groups in total. The topological polar surface area (TPSA) is 87.9 Å². The third-order valence-corrected chi connectivity index (χ3v) is 5.16. The quantitative estimate of drug-likeness (QED) is 0.749. The summed E-state index contributed by atoms with van der Waals surface area (Å²) in [5.41, 5.74) is 2.80. The predicted molar refractivity (Wildman–Crippen MR) is 115 cm³/mol. The van der Waals surface area contributed by atoms with Crippen LogP contribution in [0, 0.1) is 6.92 Å². The normalized spacial score (nSPS) is 14.1. The number of carbonyl (C=O) groups is 2. The molecule has 1 aliphatic rings. The van der Waals surface area contributed by atoms with Gasteiger partial charge >= 0.3 is 0 Å². The van der Waals surface area contributed by atoms with Crippen LogP contribution in [0.4, 0.5) is 11.4 Å². The Labute approximate surface area is 177 Å². The van der Waals surface area contributed by atoms with Gasteiger partial charge in [-0.25, -0.2) is 0 Å². The summed E-state index contributed by atoms with van der Waals surface area (Å²) in [6.45, 7) is 11.0. The van der Waals surface area contributed by atoms with Crippen LogP contribution in [0.15, 0.2) is 28.8 Å². The summed E-state index contributed by atoms with van der Waals surface area (Å²) in [7, 11) is 0. The number of hydrogen-bond donors (Lipinski definition) is 1. The molecule has 8 heteroatoms. The largest absolute Gasteiger partial charge is 0.378 e. The van der Waals surface area contributed by atoms with Gasteiger partial charge in [-0.15, -0.1) is 0 Å². The van der Waals surface area contributed by atoms with Gasteiger partial charge in [0, 0.05) is 36.9 Å². The molecule has 30 heavy (non-hydrogen) atoms. The first-order valence-corrected chi connectivity index (χ1v) is 10.4. The minimum Gasteiger partial charge on any atom is -0.378 e. The van der Waals surface area contributed by atoms with E-state index in [9.17, 15) is 9.59 Å². The summed E-state index contributed by atoms with van der Waals surface area (Å²) in [4.78, 5) is 29.3. The second-order valence-electron chi connectivity index (χ2n) is 7.68. The Balaban J connectivity index is 1.63. The van der Waals surface area contributed by atoms with Gasteiger partial charge in [0.1, 0.15) is 12.1 Å². The Kier molecular flexibility index (Phi) is 7.10. The predicted octanol–water partition coefficient (Wildman–Crippen LogP) is 3.04. The average Bonchev–Trinajstić information content (AvgIpc) is 3.14. The fourth-order valence-corrected chi connectivity index (χ4v) is 3.48. The first-order chi connectivity index (χ1) is 14.4. The van der Waals surface area contributed by atoms with Crippen molar-refractivity contribution < 1.29 is 18.8 Å². The van der Waals surface area contributed by atoms with E-state index in [0.29, 0.717) is 29.2 Å². The van der Waals surface area contributed by atoms with Crippen molar-refractivity contribution in [3.63, 3.8) is 0 Å². The summed E-state index contributed by atoms with van der Waals surface area (Å²) < 4.78 is 10.7. The molecule has 0 unspecified atom stereocenters. The second kappa shape index (κ2) is 9.75. The molecular weight excluding hydrogens is 384 g/mol. The third-order valence-electron chi connectivity index (χ3n) is 5.16. The van der Waals surface area contributed by atoms with Gasteiger partial charge in [-0.05, 0) is 38.1 Å². The standard InChI is InChI=1S/C22H30N4O4/c1-5-25(22(28)20-16(4)24-30-21(20)15(2)3)14-19(27)23-17-6-8-18(9-7-17)26-10-12-29-13-11-26/h6-9,15H,5,10-14H2,1-4H3,(H,23,27). The molecular formula is C22H30N4O4. The van der Waals surface area contributed by atoms with Crippen LogP contribution in [-0.2, 0) is 9.53 Å². The Hall–Kier alpha value is -2.87. The molecule has 0 atom stereocenters. The lowest BCUT2D eigenvalue weighted by molar-refractivity contribution is -0.116. The molecule has 1 aromatic heterocycles. The van der Waals surface area contributed by atoms with Crippen molar-refractivity contribution in [1.29, 1.82) is 0 Å². The van der Waals surface area contributed by atoms with Crippen LogP contribution in [0.1, 0.15) is 48.5 Å². The number of aryl methyl sites for hydroxylation is 1. The number of morpholine rings is 1. The van der Waals surface area contributed by atoms with Gasteiger partial charge in [-0.1, -0.05) is 19.0 Å². The van der Waals surface area contributed by atoms with Crippen molar-refractivity contribution in [3.05, 3.63) is 41.3 Å².